The molecule has 1 N–H and O–H groups in total. The molecule has 4 rings (SSSR count). The molecule has 5 nitrogen and oxygen atoms in total. The van der Waals surface area contributed by atoms with Crippen molar-refractivity contribution in [3.63, 3.8) is 0 Å². The van der Waals surface area contributed by atoms with E-state index in [1.165, 1.54) is 23.3 Å². The molecule has 5 heteroatoms. The molecular weight excluding hydrogens is 374 g/mol. The van der Waals surface area contributed by atoms with Crippen LogP contribution in [0.15, 0.2) is 71.8 Å². The summed E-state index contributed by atoms with van der Waals surface area (Å²) in [6.07, 6.45) is 0. The fourth-order valence-corrected chi connectivity index (χ4v) is 4.00. The molecule has 0 spiro atoms. The second-order valence-corrected chi connectivity index (χ2v) is 7.82. The second kappa shape index (κ2) is 9.09. The summed E-state index contributed by atoms with van der Waals surface area (Å²) < 4.78 is 5.09. The number of hydrazone groups is 1. The minimum atomic E-state index is -0.308. The van der Waals surface area contributed by atoms with E-state index in [9.17, 15) is 4.79 Å². The van der Waals surface area contributed by atoms with Gasteiger partial charge in [-0.3, -0.25) is 9.80 Å². The topological polar surface area (TPSA) is 46.3 Å². The monoisotopic (exact) mass is 402 g/mol. The Morgan fingerprint density at radius 3 is 2.40 bits per heavy atom. The normalized spacial score (nSPS) is 15.4. The summed E-state index contributed by atoms with van der Waals surface area (Å²) in [6, 6.07) is 22.7. The molecule has 1 aliphatic rings. The predicted molar refractivity (Wildman–Crippen MR) is 120 cm³/mol. The molecule has 0 amide bonds. The Hall–Kier alpha value is -3.18. The molecule has 154 valence electrons. The number of rotatable bonds is 5. The zero-order valence-corrected chi connectivity index (χ0v) is 17.6. The molecule has 1 aliphatic heterocycles. The van der Waals surface area contributed by atoms with E-state index in [0.29, 0.717) is 5.75 Å². The number of hydrogen-bond acceptors (Lipinski definition) is 4. The van der Waals surface area contributed by atoms with E-state index in [0.717, 1.165) is 44.0 Å². The molecule has 1 fully saturated rings. The molecule has 0 radical (unpaired) electrons. The third kappa shape index (κ3) is 4.86. The summed E-state index contributed by atoms with van der Waals surface area (Å²) in [5.41, 5.74) is 3.43. The third-order valence-electron chi connectivity index (χ3n) is 5.59. The fraction of sp³-hybridized carbons (Fsp3) is 0.280. The van der Waals surface area contributed by atoms with Gasteiger partial charge in [0.15, 0.2) is 0 Å². The van der Waals surface area contributed by atoms with Crippen molar-refractivity contribution < 1.29 is 14.4 Å². The molecular formula is C25H28N3O2+. The summed E-state index contributed by atoms with van der Waals surface area (Å²) in [4.78, 5) is 12.6. The summed E-state index contributed by atoms with van der Waals surface area (Å²) >= 11 is 0. The minimum absolute atomic E-state index is 0.308. The summed E-state index contributed by atoms with van der Waals surface area (Å²) in [5.74, 6) is 0.252. The molecule has 3 aromatic rings. The number of quaternary nitrogens is 1. The van der Waals surface area contributed by atoms with Crippen molar-refractivity contribution in [1.29, 1.82) is 0 Å². The molecule has 0 aromatic heterocycles. The lowest BCUT2D eigenvalue weighted by molar-refractivity contribution is -0.918. The van der Waals surface area contributed by atoms with Gasteiger partial charge in [-0.2, -0.15) is 5.10 Å². The van der Waals surface area contributed by atoms with E-state index in [1.54, 1.807) is 4.90 Å². The Kier molecular flexibility index (Phi) is 6.10. The van der Waals surface area contributed by atoms with Crippen LogP contribution in [-0.2, 0) is 11.3 Å². The number of benzene rings is 3. The van der Waals surface area contributed by atoms with E-state index < -0.39 is 0 Å². The van der Waals surface area contributed by atoms with E-state index in [4.69, 9.17) is 9.84 Å². The number of hydrogen-bond donors (Lipinski definition) is 1. The predicted octanol–water partition coefficient (Wildman–Crippen LogP) is 2.89. The van der Waals surface area contributed by atoms with Crippen molar-refractivity contribution in [1.82, 2.24) is 5.01 Å². The number of ether oxygens (including phenoxy) is 1. The number of carbonyl (C=O) groups excluding carboxylic acids is 1. The van der Waals surface area contributed by atoms with Gasteiger partial charge in [-0.1, -0.05) is 42.5 Å². The Morgan fingerprint density at radius 2 is 1.67 bits per heavy atom. The van der Waals surface area contributed by atoms with Gasteiger partial charge in [-0.25, -0.2) is 0 Å². The lowest BCUT2D eigenvalue weighted by atomic mass is 10.0. The Balaban J connectivity index is 1.35. The Morgan fingerprint density at radius 1 is 0.967 bits per heavy atom. The van der Waals surface area contributed by atoms with Crippen molar-refractivity contribution in [2.24, 2.45) is 5.10 Å². The smallest absolute Gasteiger partial charge is 0.308 e. The SMILES string of the molecule is CC(=O)Oc1ccc(/C(C)=N\N2CC[NH+](Cc3cccc4ccccc34)CC2)cc1. The van der Waals surface area contributed by atoms with E-state index in [-0.39, 0.29) is 5.97 Å². The maximum Gasteiger partial charge on any atom is 0.308 e. The lowest BCUT2D eigenvalue weighted by Crippen LogP contribution is -3.13. The van der Waals surface area contributed by atoms with Crippen LogP contribution in [0.25, 0.3) is 10.8 Å². The van der Waals surface area contributed by atoms with Gasteiger partial charge in [-0.05, 0) is 47.5 Å². The number of nitrogens with one attached hydrogen (secondary N) is 1. The average Bonchev–Trinajstić information content (AvgIpc) is 2.75. The number of nitrogens with zero attached hydrogens (tertiary/aromatic N) is 2. The summed E-state index contributed by atoms with van der Waals surface area (Å²) in [7, 11) is 0. The summed E-state index contributed by atoms with van der Waals surface area (Å²) in [6.45, 7) is 8.52. The van der Waals surface area contributed by atoms with Crippen molar-refractivity contribution in [2.45, 2.75) is 20.4 Å². The standard InChI is InChI=1S/C25H27N3O2/c1-19(21-10-12-24(13-11-21)30-20(2)29)26-28-16-14-27(15-17-28)18-23-8-5-7-22-6-3-4-9-25(22)23/h3-13H,14-18H2,1-2H3/p+1/b26-19-. The van der Waals surface area contributed by atoms with Crippen LogP contribution in [-0.4, -0.2) is 42.9 Å². The Bertz CT molecular complexity index is 1050. The first-order chi connectivity index (χ1) is 14.6. The summed E-state index contributed by atoms with van der Waals surface area (Å²) in [5, 5.41) is 9.66. The minimum Gasteiger partial charge on any atom is -0.427 e. The van der Waals surface area contributed by atoms with E-state index >= 15 is 0 Å². The molecule has 1 heterocycles. The lowest BCUT2D eigenvalue weighted by Gasteiger charge is -2.31. The van der Waals surface area contributed by atoms with Crippen LogP contribution in [0.2, 0.25) is 0 Å². The first-order valence-electron chi connectivity index (χ1n) is 10.5. The number of fused-ring (bicyclic) bond motifs is 1. The molecule has 0 unspecified atom stereocenters. The van der Waals surface area contributed by atoms with Crippen LogP contribution in [0, 0.1) is 0 Å². The van der Waals surface area contributed by atoms with Crippen LogP contribution < -0.4 is 9.64 Å². The first kappa shape index (κ1) is 20.1. The molecule has 30 heavy (non-hydrogen) atoms. The van der Waals surface area contributed by atoms with Gasteiger partial charge in [0.05, 0.1) is 31.9 Å². The van der Waals surface area contributed by atoms with Gasteiger partial charge >= 0.3 is 5.97 Å². The highest BCUT2D eigenvalue weighted by Crippen LogP contribution is 2.18. The zero-order chi connectivity index (χ0) is 20.9. The molecule has 0 saturated carbocycles. The van der Waals surface area contributed by atoms with Gasteiger partial charge in [0, 0.05) is 12.5 Å². The van der Waals surface area contributed by atoms with Crippen LogP contribution in [0.5, 0.6) is 5.75 Å². The highest BCUT2D eigenvalue weighted by atomic mass is 16.5. The molecule has 0 atom stereocenters. The van der Waals surface area contributed by atoms with Crippen LogP contribution >= 0.6 is 0 Å². The van der Waals surface area contributed by atoms with E-state index in [2.05, 4.69) is 47.5 Å². The van der Waals surface area contributed by atoms with Crippen molar-refractivity contribution >= 4 is 22.5 Å². The molecule has 0 bridgehead atoms. The van der Waals surface area contributed by atoms with Gasteiger partial charge in [0.25, 0.3) is 0 Å². The number of piperazine rings is 1. The van der Waals surface area contributed by atoms with Crippen LogP contribution in [0.3, 0.4) is 0 Å². The average molecular weight is 403 g/mol. The Labute approximate surface area is 177 Å². The third-order valence-corrected chi connectivity index (χ3v) is 5.59. The molecule has 0 aliphatic carbocycles. The highest BCUT2D eigenvalue weighted by molar-refractivity contribution is 5.98. The van der Waals surface area contributed by atoms with Gasteiger partial charge in [-0.15, -0.1) is 0 Å². The van der Waals surface area contributed by atoms with Crippen molar-refractivity contribution in [3.8, 4) is 5.75 Å². The van der Waals surface area contributed by atoms with Gasteiger partial charge in [0.2, 0.25) is 0 Å². The quantitative estimate of drug-likeness (QED) is 0.406. The largest absolute Gasteiger partial charge is 0.427 e. The van der Waals surface area contributed by atoms with Crippen LogP contribution in [0.4, 0.5) is 0 Å². The van der Waals surface area contributed by atoms with Gasteiger partial charge < -0.3 is 9.64 Å². The highest BCUT2D eigenvalue weighted by Gasteiger charge is 2.20. The van der Waals surface area contributed by atoms with Crippen LogP contribution in [0.1, 0.15) is 25.0 Å². The maximum atomic E-state index is 11.0. The zero-order valence-electron chi connectivity index (χ0n) is 17.6. The molecule has 1 saturated heterocycles. The number of esters is 1. The maximum absolute atomic E-state index is 11.0. The van der Waals surface area contributed by atoms with E-state index in [1.807, 2.05) is 31.2 Å². The van der Waals surface area contributed by atoms with Crippen molar-refractivity contribution in [3.05, 3.63) is 77.9 Å². The molecule has 3 aromatic carbocycles. The number of carbonyl (C=O) groups is 1. The first-order valence-corrected chi connectivity index (χ1v) is 10.5. The second-order valence-electron chi connectivity index (χ2n) is 7.82. The fourth-order valence-electron chi connectivity index (χ4n) is 4.00. The van der Waals surface area contributed by atoms with Crippen molar-refractivity contribution in [2.75, 3.05) is 26.2 Å². The van der Waals surface area contributed by atoms with Gasteiger partial charge in [0.1, 0.15) is 12.3 Å².